The quantitative estimate of drug-likeness (QED) is 0.715. The first-order valence-corrected chi connectivity index (χ1v) is 5.46. The molecule has 2 aliphatic rings. The number of rotatable bonds is 2. The summed E-state index contributed by atoms with van der Waals surface area (Å²) in [7, 11) is 0. The third-order valence-corrected chi connectivity index (χ3v) is 3.20. The van der Waals surface area contributed by atoms with Crippen LogP contribution in [0.3, 0.4) is 0 Å². The first kappa shape index (κ1) is 11.4. The van der Waals surface area contributed by atoms with Gasteiger partial charge < -0.3 is 4.74 Å². The Hall–Kier alpha value is -1.06. The maximum absolute atomic E-state index is 11.8. The molecule has 0 amide bonds. The second-order valence-electron chi connectivity index (χ2n) is 3.65. The van der Waals surface area contributed by atoms with E-state index in [1.54, 1.807) is 12.2 Å². The van der Waals surface area contributed by atoms with Crippen molar-refractivity contribution >= 4 is 35.5 Å². The predicted molar refractivity (Wildman–Crippen MR) is 59.7 cm³/mol. The van der Waals surface area contributed by atoms with Crippen LogP contribution in [0, 0.1) is 11.8 Å². The molecule has 2 atom stereocenters. The molecule has 0 N–H and O–H groups in total. The van der Waals surface area contributed by atoms with Crippen molar-refractivity contribution in [3.8, 4) is 0 Å². The minimum Gasteiger partial charge on any atom is -0.433 e. The molecule has 2 rings (SSSR count). The minimum absolute atomic E-state index is 0.127. The van der Waals surface area contributed by atoms with E-state index in [0.29, 0.717) is 28.7 Å². The van der Waals surface area contributed by atoms with Crippen LogP contribution in [0.1, 0.15) is 6.42 Å². The van der Waals surface area contributed by atoms with Crippen LogP contribution in [-0.2, 0) is 14.3 Å². The molecule has 0 saturated carbocycles. The Labute approximate surface area is 102 Å². The fourth-order valence-corrected chi connectivity index (χ4v) is 2.70. The van der Waals surface area contributed by atoms with E-state index in [9.17, 15) is 9.59 Å². The van der Waals surface area contributed by atoms with Crippen molar-refractivity contribution in [1.82, 2.24) is 0 Å². The lowest BCUT2D eigenvalue weighted by molar-refractivity contribution is -0.126. The van der Waals surface area contributed by atoms with Crippen LogP contribution in [-0.4, -0.2) is 12.3 Å². The van der Waals surface area contributed by atoms with Crippen molar-refractivity contribution in [1.29, 1.82) is 0 Å². The van der Waals surface area contributed by atoms with Gasteiger partial charge in [0.25, 0.3) is 6.47 Å². The monoisotopic (exact) mass is 258 g/mol. The van der Waals surface area contributed by atoms with E-state index in [-0.39, 0.29) is 17.6 Å². The summed E-state index contributed by atoms with van der Waals surface area (Å²) in [5.41, 5.74) is 0. The lowest BCUT2D eigenvalue weighted by Gasteiger charge is -2.29. The highest BCUT2D eigenvalue weighted by atomic mass is 35.5. The number of carbonyl (C=O) groups excluding carboxylic acids is 2. The summed E-state index contributed by atoms with van der Waals surface area (Å²) < 4.78 is 4.70. The largest absolute Gasteiger partial charge is 0.433 e. The highest BCUT2D eigenvalue weighted by Crippen LogP contribution is 2.40. The molecule has 2 aliphatic carbocycles. The van der Waals surface area contributed by atoms with Crippen molar-refractivity contribution in [3.05, 3.63) is 34.1 Å². The Balaban J connectivity index is 2.31. The fourth-order valence-electron chi connectivity index (χ4n) is 1.98. The van der Waals surface area contributed by atoms with Gasteiger partial charge in [-0.3, -0.25) is 9.59 Å². The van der Waals surface area contributed by atoms with Gasteiger partial charge in [-0.1, -0.05) is 29.3 Å². The Morgan fingerprint density at radius 2 is 2.12 bits per heavy atom. The van der Waals surface area contributed by atoms with Crippen molar-refractivity contribution < 1.29 is 14.3 Å². The second kappa shape index (κ2) is 4.44. The Bertz CT molecular complexity index is 435. The van der Waals surface area contributed by atoms with Crippen molar-refractivity contribution in [2.45, 2.75) is 6.42 Å². The number of ether oxygens (including phenoxy) is 1. The number of halogens is 2. The number of carbonyl (C=O) groups is 2. The minimum atomic E-state index is -0.386. The third-order valence-electron chi connectivity index (χ3n) is 2.62. The molecule has 3 nitrogen and oxygen atoms in total. The number of fused-ring (bicyclic) bond motifs is 1. The second-order valence-corrected chi connectivity index (χ2v) is 4.53. The molecular weight excluding hydrogens is 251 g/mol. The van der Waals surface area contributed by atoms with Gasteiger partial charge in [-0.25, -0.2) is 0 Å². The van der Waals surface area contributed by atoms with Gasteiger partial charge in [-0.05, 0) is 6.08 Å². The first-order chi connectivity index (χ1) is 7.61. The zero-order valence-corrected chi connectivity index (χ0v) is 9.66. The van der Waals surface area contributed by atoms with Gasteiger partial charge in [0.15, 0.2) is 5.78 Å². The van der Waals surface area contributed by atoms with Crippen molar-refractivity contribution in [2.24, 2.45) is 11.8 Å². The van der Waals surface area contributed by atoms with E-state index in [1.165, 1.54) is 6.08 Å². The molecule has 0 aromatic heterocycles. The maximum Gasteiger partial charge on any atom is 0.298 e. The van der Waals surface area contributed by atoms with Crippen LogP contribution >= 0.6 is 23.2 Å². The van der Waals surface area contributed by atoms with E-state index in [0.717, 1.165) is 0 Å². The zero-order valence-electron chi connectivity index (χ0n) is 8.15. The highest BCUT2D eigenvalue weighted by Gasteiger charge is 2.36. The van der Waals surface area contributed by atoms with Crippen LogP contribution in [0.15, 0.2) is 34.1 Å². The van der Waals surface area contributed by atoms with Crippen LogP contribution in [0.5, 0.6) is 0 Å². The predicted octanol–water partition coefficient (Wildman–Crippen LogP) is 2.51. The molecule has 84 valence electrons. The highest BCUT2D eigenvalue weighted by molar-refractivity contribution is 6.36. The van der Waals surface area contributed by atoms with Crippen molar-refractivity contribution in [2.75, 3.05) is 0 Å². The van der Waals surface area contributed by atoms with Crippen LogP contribution in [0.4, 0.5) is 0 Å². The van der Waals surface area contributed by atoms with Gasteiger partial charge in [0, 0.05) is 28.5 Å². The van der Waals surface area contributed by atoms with Crippen LogP contribution in [0.25, 0.3) is 0 Å². The fraction of sp³-hybridized carbons (Fsp3) is 0.273. The van der Waals surface area contributed by atoms with Crippen LogP contribution in [0.2, 0.25) is 0 Å². The molecule has 5 heteroatoms. The molecule has 0 heterocycles. The zero-order chi connectivity index (χ0) is 11.7. The Morgan fingerprint density at radius 1 is 1.38 bits per heavy atom. The molecule has 0 radical (unpaired) electrons. The van der Waals surface area contributed by atoms with Gasteiger partial charge in [0.05, 0.1) is 5.92 Å². The Morgan fingerprint density at radius 3 is 2.81 bits per heavy atom. The summed E-state index contributed by atoms with van der Waals surface area (Å²) in [4.78, 5) is 22.0. The average molecular weight is 259 g/mol. The smallest absolute Gasteiger partial charge is 0.298 e. The summed E-state index contributed by atoms with van der Waals surface area (Å²) >= 11 is 11.8. The third kappa shape index (κ3) is 2.06. The van der Waals surface area contributed by atoms with E-state index in [4.69, 9.17) is 27.9 Å². The molecule has 16 heavy (non-hydrogen) atoms. The summed E-state index contributed by atoms with van der Waals surface area (Å²) in [6.07, 6.45) is 5.10. The molecule has 0 aliphatic heterocycles. The van der Waals surface area contributed by atoms with E-state index >= 15 is 0 Å². The molecule has 0 aromatic rings. The molecule has 0 aromatic carbocycles. The normalized spacial score (nSPS) is 28.6. The average Bonchev–Trinajstić information content (AvgIpc) is 2.15. The molecule has 0 bridgehead atoms. The SMILES string of the molecule is O=COC1=CC(=O)C2C(Cl)=CC(Cl)=CC2C1. The summed E-state index contributed by atoms with van der Waals surface area (Å²) in [6, 6.07) is 0. The number of hydrogen-bond acceptors (Lipinski definition) is 3. The summed E-state index contributed by atoms with van der Waals surface area (Å²) in [6.45, 7) is 0.311. The Kier molecular flexibility index (Phi) is 3.17. The summed E-state index contributed by atoms with van der Waals surface area (Å²) in [5.74, 6) is -0.316. The molecule has 0 fully saturated rings. The van der Waals surface area contributed by atoms with E-state index < -0.39 is 0 Å². The van der Waals surface area contributed by atoms with Gasteiger partial charge in [-0.2, -0.15) is 0 Å². The topological polar surface area (TPSA) is 43.4 Å². The van der Waals surface area contributed by atoms with E-state index in [1.807, 2.05) is 0 Å². The van der Waals surface area contributed by atoms with Gasteiger partial charge in [0.2, 0.25) is 0 Å². The standard InChI is InChI=1S/C11H8Cl2O3/c12-7-1-6-2-8(16-5-14)4-10(15)11(6)9(13)3-7/h1,3-6,11H,2H2. The first-order valence-electron chi connectivity index (χ1n) is 4.71. The van der Waals surface area contributed by atoms with Gasteiger partial charge >= 0.3 is 0 Å². The molecule has 2 unspecified atom stereocenters. The van der Waals surface area contributed by atoms with Gasteiger partial charge in [0.1, 0.15) is 5.76 Å². The molecule has 0 spiro atoms. The lowest BCUT2D eigenvalue weighted by Crippen LogP contribution is -2.28. The molecule has 0 saturated heterocycles. The number of ketones is 1. The lowest BCUT2D eigenvalue weighted by atomic mass is 9.78. The maximum atomic E-state index is 11.8. The number of hydrogen-bond donors (Lipinski definition) is 0. The van der Waals surface area contributed by atoms with Crippen molar-refractivity contribution in [3.63, 3.8) is 0 Å². The number of allylic oxidation sites excluding steroid dienone is 6. The van der Waals surface area contributed by atoms with Gasteiger partial charge in [-0.15, -0.1) is 0 Å². The summed E-state index contributed by atoms with van der Waals surface area (Å²) in [5, 5.41) is 0.940. The van der Waals surface area contributed by atoms with Crippen LogP contribution < -0.4 is 0 Å². The molecular formula is C11H8Cl2O3. The van der Waals surface area contributed by atoms with E-state index in [2.05, 4.69) is 0 Å².